The smallest absolute Gasteiger partial charge is 0.273 e. The van der Waals surface area contributed by atoms with Crippen LogP contribution in [0.2, 0.25) is 0 Å². The molecular weight excluding hydrogens is 216 g/mol. The predicted molar refractivity (Wildman–Crippen MR) is 54.4 cm³/mol. The van der Waals surface area contributed by atoms with E-state index in [0.717, 1.165) is 12.8 Å². The maximum Gasteiger partial charge on any atom is 0.273 e. The van der Waals surface area contributed by atoms with Gasteiger partial charge in [-0.2, -0.15) is 21.0 Å². The second-order valence-corrected chi connectivity index (χ2v) is 4.48. The van der Waals surface area contributed by atoms with Crippen LogP contribution in [-0.2, 0) is 4.74 Å². The highest BCUT2D eigenvalue weighted by atomic mass is 16.5. The van der Waals surface area contributed by atoms with Gasteiger partial charge in [-0.1, -0.05) is 12.8 Å². The Morgan fingerprint density at radius 3 is 2.00 bits per heavy atom. The molecule has 0 N–H and O–H groups in total. The number of hydrogen-bond donors (Lipinski definition) is 0. The van der Waals surface area contributed by atoms with Crippen LogP contribution in [0.25, 0.3) is 0 Å². The highest BCUT2D eigenvalue weighted by molar-refractivity contribution is 5.42. The van der Waals surface area contributed by atoms with Crippen LogP contribution >= 0.6 is 0 Å². The summed E-state index contributed by atoms with van der Waals surface area (Å²) in [6.07, 6.45) is 2.91. The Hall–Kier alpha value is -2.08. The van der Waals surface area contributed by atoms with Crippen molar-refractivity contribution in [3.8, 4) is 24.3 Å². The van der Waals surface area contributed by atoms with E-state index in [4.69, 9.17) is 15.3 Å². The third-order valence-corrected chi connectivity index (χ3v) is 3.81. The number of fused-ring (bicyclic) bond motifs is 1. The normalized spacial score (nSPS) is 32.2. The van der Waals surface area contributed by atoms with E-state index >= 15 is 0 Å². The second kappa shape index (κ2) is 3.74. The van der Waals surface area contributed by atoms with Crippen LogP contribution in [0.15, 0.2) is 0 Å². The van der Waals surface area contributed by atoms with Crippen molar-refractivity contribution in [2.24, 2.45) is 11.3 Å². The summed E-state index contributed by atoms with van der Waals surface area (Å²) in [7, 11) is 0. The average Bonchev–Trinajstić information content (AvgIpc) is 2.69. The summed E-state index contributed by atoms with van der Waals surface area (Å²) in [5.74, 6) is -0.328. The summed E-state index contributed by atoms with van der Waals surface area (Å²) in [5, 5.41) is 36.9. The molecule has 5 nitrogen and oxygen atoms in total. The lowest BCUT2D eigenvalue weighted by atomic mass is 9.64. The van der Waals surface area contributed by atoms with Gasteiger partial charge < -0.3 is 4.74 Å². The summed E-state index contributed by atoms with van der Waals surface area (Å²) in [5.41, 5.74) is -3.59. The van der Waals surface area contributed by atoms with Crippen LogP contribution in [-0.4, -0.2) is 11.7 Å². The number of nitrogens with zero attached hydrogens (tertiary/aromatic N) is 4. The Bertz CT molecular complexity index is 471. The van der Waals surface area contributed by atoms with Crippen molar-refractivity contribution in [2.75, 3.05) is 0 Å². The molecule has 2 fully saturated rings. The Morgan fingerprint density at radius 1 is 0.882 bits per heavy atom. The van der Waals surface area contributed by atoms with Gasteiger partial charge in [-0.25, -0.2) is 0 Å². The third-order valence-electron chi connectivity index (χ3n) is 3.81. The fourth-order valence-corrected chi connectivity index (χ4v) is 2.92. The molecule has 2 unspecified atom stereocenters. The van der Waals surface area contributed by atoms with Gasteiger partial charge in [-0.15, -0.1) is 0 Å². The quantitative estimate of drug-likeness (QED) is 0.620. The van der Waals surface area contributed by atoms with Gasteiger partial charge >= 0.3 is 0 Å². The zero-order valence-corrected chi connectivity index (χ0v) is 9.18. The van der Waals surface area contributed by atoms with Crippen molar-refractivity contribution in [3.05, 3.63) is 0 Å². The molecule has 0 aromatic rings. The minimum Gasteiger partial charge on any atom is -0.342 e. The van der Waals surface area contributed by atoms with Crippen LogP contribution in [0.1, 0.15) is 25.7 Å². The topological polar surface area (TPSA) is 104 Å². The lowest BCUT2D eigenvalue weighted by molar-refractivity contribution is 0.00372. The minimum absolute atomic E-state index is 0.317. The molecule has 0 radical (unpaired) electrons. The Labute approximate surface area is 99.4 Å². The van der Waals surface area contributed by atoms with E-state index in [9.17, 15) is 10.5 Å². The van der Waals surface area contributed by atoms with Gasteiger partial charge in [0.05, 0.1) is 18.2 Å². The molecule has 0 bridgehead atoms. The van der Waals surface area contributed by atoms with E-state index in [1.807, 2.05) is 12.1 Å². The molecule has 0 aromatic heterocycles. The maximum absolute atomic E-state index is 9.30. The van der Waals surface area contributed by atoms with Crippen LogP contribution in [0.5, 0.6) is 0 Å². The molecule has 84 valence electrons. The first-order valence-corrected chi connectivity index (χ1v) is 5.52. The molecule has 1 saturated carbocycles. The Morgan fingerprint density at radius 2 is 1.47 bits per heavy atom. The zero-order valence-electron chi connectivity index (χ0n) is 9.18. The van der Waals surface area contributed by atoms with Crippen molar-refractivity contribution in [2.45, 2.75) is 37.4 Å². The van der Waals surface area contributed by atoms with Crippen LogP contribution in [0.4, 0.5) is 0 Å². The van der Waals surface area contributed by atoms with Gasteiger partial charge in [0.2, 0.25) is 5.41 Å². The lowest BCUT2D eigenvalue weighted by Gasteiger charge is -2.28. The molecule has 0 amide bonds. The van der Waals surface area contributed by atoms with Crippen LogP contribution in [0.3, 0.4) is 0 Å². The Kier molecular flexibility index (Phi) is 2.51. The van der Waals surface area contributed by atoms with Gasteiger partial charge in [0.1, 0.15) is 12.1 Å². The van der Waals surface area contributed by atoms with Crippen molar-refractivity contribution in [3.63, 3.8) is 0 Å². The lowest BCUT2D eigenvalue weighted by Crippen LogP contribution is -2.44. The molecular formula is C12H10N4O. The first-order chi connectivity index (χ1) is 8.19. The fourth-order valence-electron chi connectivity index (χ4n) is 2.92. The predicted octanol–water partition coefficient (Wildman–Crippen LogP) is 1.39. The molecule has 1 aliphatic heterocycles. The molecule has 0 aromatic carbocycles. The number of nitriles is 4. The molecule has 1 aliphatic carbocycles. The zero-order chi connectivity index (χ0) is 12.5. The largest absolute Gasteiger partial charge is 0.342 e. The molecule has 5 heteroatoms. The molecule has 0 spiro atoms. The average molecular weight is 226 g/mol. The number of hydrogen-bond acceptors (Lipinski definition) is 5. The molecule has 2 rings (SSSR count). The summed E-state index contributed by atoms with van der Waals surface area (Å²) < 4.78 is 5.48. The molecule has 17 heavy (non-hydrogen) atoms. The van der Waals surface area contributed by atoms with Gasteiger partial charge in [-0.05, 0) is 12.8 Å². The second-order valence-electron chi connectivity index (χ2n) is 4.48. The Balaban J connectivity index is 2.58. The molecule has 1 heterocycles. The molecule has 2 aliphatic rings. The van der Waals surface area contributed by atoms with Crippen molar-refractivity contribution >= 4 is 0 Å². The van der Waals surface area contributed by atoms with Crippen molar-refractivity contribution in [1.82, 2.24) is 0 Å². The van der Waals surface area contributed by atoms with Gasteiger partial charge in [-0.3, -0.25) is 0 Å². The number of rotatable bonds is 0. The van der Waals surface area contributed by atoms with E-state index < -0.39 is 11.0 Å². The van der Waals surface area contributed by atoms with Gasteiger partial charge in [0.15, 0.2) is 0 Å². The van der Waals surface area contributed by atoms with E-state index in [-0.39, 0.29) is 12.0 Å². The maximum atomic E-state index is 9.30. The van der Waals surface area contributed by atoms with E-state index in [1.54, 1.807) is 12.1 Å². The third kappa shape index (κ3) is 1.18. The van der Waals surface area contributed by atoms with Gasteiger partial charge in [0.25, 0.3) is 5.60 Å². The molecule has 1 saturated heterocycles. The van der Waals surface area contributed by atoms with Crippen LogP contribution < -0.4 is 0 Å². The van der Waals surface area contributed by atoms with Crippen LogP contribution in [0, 0.1) is 56.7 Å². The summed E-state index contributed by atoms with van der Waals surface area (Å²) in [4.78, 5) is 0. The first-order valence-electron chi connectivity index (χ1n) is 5.52. The summed E-state index contributed by atoms with van der Waals surface area (Å²) >= 11 is 0. The monoisotopic (exact) mass is 226 g/mol. The highest BCUT2D eigenvalue weighted by Gasteiger charge is 2.69. The standard InChI is InChI=1S/C12H10N4O/c13-5-11(6-14)9-3-1-2-4-10(9)17-12(11,7-15)8-16/h9-10H,1-4H2. The SMILES string of the molecule is N#CC1(C#N)OC2CCCCC2C1(C#N)C#N. The minimum atomic E-state index is -1.93. The van der Waals surface area contributed by atoms with E-state index in [0.29, 0.717) is 12.8 Å². The first kappa shape index (κ1) is 11.4. The fraction of sp³-hybridized carbons (Fsp3) is 0.667. The van der Waals surface area contributed by atoms with Gasteiger partial charge in [0, 0.05) is 5.92 Å². The van der Waals surface area contributed by atoms with E-state index in [2.05, 4.69) is 0 Å². The van der Waals surface area contributed by atoms with E-state index in [1.165, 1.54) is 0 Å². The van der Waals surface area contributed by atoms with Crippen molar-refractivity contribution in [1.29, 1.82) is 21.0 Å². The molecule has 2 atom stereocenters. The number of ether oxygens (including phenoxy) is 1. The summed E-state index contributed by atoms with van der Waals surface area (Å²) in [6.45, 7) is 0. The summed E-state index contributed by atoms with van der Waals surface area (Å²) in [6, 6.07) is 7.27. The van der Waals surface area contributed by atoms with Crippen molar-refractivity contribution < 1.29 is 4.74 Å². The highest BCUT2D eigenvalue weighted by Crippen LogP contribution is 2.54.